The minimum atomic E-state index is -3.21. The molecule has 32 heavy (non-hydrogen) atoms. The van der Waals surface area contributed by atoms with E-state index in [1.165, 1.54) is 15.4 Å². The van der Waals surface area contributed by atoms with Crippen LogP contribution in [0.2, 0.25) is 0 Å². The average molecular weight is 461 g/mol. The zero-order valence-corrected chi connectivity index (χ0v) is 19.8. The summed E-state index contributed by atoms with van der Waals surface area (Å²) in [7, 11) is 0.139. The van der Waals surface area contributed by atoms with Gasteiger partial charge in [-0.1, -0.05) is 25.1 Å². The smallest absolute Gasteiger partial charge is 0.231 e. The highest BCUT2D eigenvalue weighted by molar-refractivity contribution is 7.89. The Hall–Kier alpha value is -2.29. The van der Waals surface area contributed by atoms with Gasteiger partial charge in [-0.25, -0.2) is 12.7 Å². The van der Waals surface area contributed by atoms with E-state index in [0.29, 0.717) is 25.4 Å². The molecule has 0 spiro atoms. The van der Waals surface area contributed by atoms with Gasteiger partial charge in [0.05, 0.1) is 12.9 Å². The van der Waals surface area contributed by atoms with Crippen molar-refractivity contribution in [3.05, 3.63) is 53.6 Å². The Morgan fingerprint density at radius 2 is 1.81 bits per heavy atom. The van der Waals surface area contributed by atoms with E-state index in [0.717, 1.165) is 30.2 Å². The summed E-state index contributed by atoms with van der Waals surface area (Å²) in [6, 6.07) is 14.6. The predicted molar refractivity (Wildman–Crippen MR) is 124 cm³/mol. The first-order valence-electron chi connectivity index (χ1n) is 11.1. The largest absolute Gasteiger partial charge is 0.497 e. The van der Waals surface area contributed by atoms with Crippen molar-refractivity contribution in [2.45, 2.75) is 31.7 Å². The second-order valence-corrected chi connectivity index (χ2v) is 10.7. The Kier molecular flexibility index (Phi) is 6.93. The van der Waals surface area contributed by atoms with Crippen LogP contribution in [0.15, 0.2) is 42.5 Å². The maximum atomic E-state index is 12.4. The number of benzene rings is 2. The highest BCUT2D eigenvalue weighted by Crippen LogP contribution is 2.43. The van der Waals surface area contributed by atoms with Crippen molar-refractivity contribution in [1.82, 2.24) is 9.21 Å². The average Bonchev–Trinajstić information content (AvgIpc) is 3.44. The van der Waals surface area contributed by atoms with Crippen LogP contribution in [0.4, 0.5) is 0 Å². The zero-order valence-electron chi connectivity index (χ0n) is 19.0. The lowest BCUT2D eigenvalue weighted by atomic mass is 9.93. The number of sulfonamides is 1. The predicted octanol–water partition coefficient (Wildman–Crippen LogP) is 3.63. The number of hydrogen-bond donors (Lipinski definition) is 0. The number of likely N-dealkylation sites (tertiary alicyclic amines) is 1. The molecule has 0 aliphatic carbocycles. The van der Waals surface area contributed by atoms with Crippen LogP contribution in [0.25, 0.3) is 0 Å². The molecule has 1 fully saturated rings. The first-order chi connectivity index (χ1) is 15.4. The molecule has 0 bridgehead atoms. The first kappa shape index (κ1) is 22.9. The van der Waals surface area contributed by atoms with Gasteiger partial charge in [0.15, 0.2) is 11.5 Å². The summed E-state index contributed by atoms with van der Waals surface area (Å²) < 4.78 is 42.7. The molecule has 0 unspecified atom stereocenters. The zero-order chi connectivity index (χ0) is 22.7. The van der Waals surface area contributed by atoms with Crippen molar-refractivity contribution in [3.8, 4) is 17.2 Å². The fourth-order valence-electron chi connectivity index (χ4n) is 4.55. The molecule has 0 radical (unpaired) electrons. The topological polar surface area (TPSA) is 68.3 Å². The van der Waals surface area contributed by atoms with E-state index in [4.69, 9.17) is 14.2 Å². The van der Waals surface area contributed by atoms with Gasteiger partial charge in [-0.15, -0.1) is 0 Å². The van der Waals surface area contributed by atoms with Crippen molar-refractivity contribution in [3.63, 3.8) is 0 Å². The molecule has 0 amide bonds. The molecule has 2 aliphatic rings. The third-order valence-corrected chi connectivity index (χ3v) is 8.47. The molecule has 0 N–H and O–H groups in total. The molecule has 8 heteroatoms. The molecule has 2 atom stereocenters. The lowest BCUT2D eigenvalue weighted by molar-refractivity contribution is 0.174. The number of methoxy groups -OCH3 is 1. The van der Waals surface area contributed by atoms with Crippen LogP contribution >= 0.6 is 0 Å². The van der Waals surface area contributed by atoms with Crippen LogP contribution < -0.4 is 14.2 Å². The standard InChI is InChI=1S/C24H32N2O5S/c1-4-13-32(27,28)25(2)11-12-26-16-20(19-7-10-23-24(15-19)31-17-30-23)14-22(26)18-5-8-21(29-3)9-6-18/h5-10,15,20,22H,4,11-14,16-17H2,1-3H3/t20-,22+/m0/s1. The summed E-state index contributed by atoms with van der Waals surface area (Å²) in [5.74, 6) is 2.93. The second-order valence-electron chi connectivity index (χ2n) is 8.47. The van der Waals surface area contributed by atoms with Gasteiger partial charge in [0.2, 0.25) is 16.8 Å². The van der Waals surface area contributed by atoms with Gasteiger partial charge in [-0.2, -0.15) is 0 Å². The maximum absolute atomic E-state index is 12.4. The van der Waals surface area contributed by atoms with Gasteiger partial charge >= 0.3 is 0 Å². The maximum Gasteiger partial charge on any atom is 0.231 e. The summed E-state index contributed by atoms with van der Waals surface area (Å²) in [6.45, 7) is 4.17. The summed E-state index contributed by atoms with van der Waals surface area (Å²) in [4.78, 5) is 2.40. The second kappa shape index (κ2) is 9.68. The minimum Gasteiger partial charge on any atom is -0.497 e. The third-order valence-electron chi connectivity index (χ3n) is 6.41. The van der Waals surface area contributed by atoms with Gasteiger partial charge in [-0.3, -0.25) is 4.90 Å². The quantitative estimate of drug-likeness (QED) is 0.569. The van der Waals surface area contributed by atoms with Gasteiger partial charge in [0, 0.05) is 32.7 Å². The molecule has 4 rings (SSSR count). The van der Waals surface area contributed by atoms with Crippen molar-refractivity contribution < 1.29 is 22.6 Å². The van der Waals surface area contributed by atoms with Crippen molar-refractivity contribution in [2.75, 3.05) is 46.3 Å². The van der Waals surface area contributed by atoms with E-state index in [1.807, 2.05) is 25.1 Å². The fourth-order valence-corrected chi connectivity index (χ4v) is 5.74. The first-order valence-corrected chi connectivity index (χ1v) is 12.7. The van der Waals surface area contributed by atoms with Crippen LogP contribution in [0.5, 0.6) is 17.2 Å². The third kappa shape index (κ3) is 4.87. The monoisotopic (exact) mass is 460 g/mol. The molecule has 2 aliphatic heterocycles. The molecule has 2 heterocycles. The van der Waals surface area contributed by atoms with Crippen LogP contribution in [0.1, 0.15) is 42.9 Å². The number of ether oxygens (including phenoxy) is 3. The van der Waals surface area contributed by atoms with Crippen LogP contribution in [0.3, 0.4) is 0 Å². The van der Waals surface area contributed by atoms with Crippen LogP contribution in [0, 0.1) is 0 Å². The van der Waals surface area contributed by atoms with Gasteiger partial charge in [0.25, 0.3) is 0 Å². The van der Waals surface area contributed by atoms with E-state index in [9.17, 15) is 8.42 Å². The molecule has 2 aromatic carbocycles. The number of rotatable bonds is 9. The van der Waals surface area contributed by atoms with Crippen molar-refractivity contribution in [2.24, 2.45) is 0 Å². The molecular weight excluding hydrogens is 428 g/mol. The molecule has 2 aromatic rings. The number of nitrogens with zero attached hydrogens (tertiary/aromatic N) is 2. The molecule has 0 aromatic heterocycles. The van der Waals surface area contributed by atoms with E-state index in [1.54, 1.807) is 14.2 Å². The van der Waals surface area contributed by atoms with Crippen molar-refractivity contribution in [1.29, 1.82) is 0 Å². The summed E-state index contributed by atoms with van der Waals surface area (Å²) in [6.07, 6.45) is 1.58. The number of hydrogen-bond acceptors (Lipinski definition) is 6. The Balaban J connectivity index is 1.53. The van der Waals surface area contributed by atoms with Gasteiger partial charge < -0.3 is 14.2 Å². The Morgan fingerprint density at radius 1 is 1.09 bits per heavy atom. The minimum absolute atomic E-state index is 0.186. The lowest BCUT2D eigenvalue weighted by Gasteiger charge is -2.27. The van der Waals surface area contributed by atoms with Crippen LogP contribution in [-0.2, 0) is 10.0 Å². The van der Waals surface area contributed by atoms with E-state index in [-0.39, 0.29) is 18.6 Å². The van der Waals surface area contributed by atoms with Gasteiger partial charge in [0.1, 0.15) is 5.75 Å². The van der Waals surface area contributed by atoms with E-state index >= 15 is 0 Å². The fraction of sp³-hybridized carbons (Fsp3) is 0.500. The SMILES string of the molecule is CCCS(=O)(=O)N(C)CCN1C[C@@H](c2ccc3c(c2)OCO3)C[C@@H]1c1ccc(OC)cc1. The Bertz CT molecular complexity index is 1030. The normalized spacial score (nSPS) is 20.8. The summed E-state index contributed by atoms with van der Waals surface area (Å²) >= 11 is 0. The van der Waals surface area contributed by atoms with E-state index < -0.39 is 10.0 Å². The Labute approximate surface area is 190 Å². The van der Waals surface area contributed by atoms with Gasteiger partial charge in [-0.05, 0) is 54.2 Å². The molecule has 0 saturated carbocycles. The molecule has 7 nitrogen and oxygen atoms in total. The Morgan fingerprint density at radius 3 is 2.53 bits per heavy atom. The highest BCUT2D eigenvalue weighted by Gasteiger charge is 2.35. The van der Waals surface area contributed by atoms with Crippen LogP contribution in [-0.4, -0.2) is 64.0 Å². The molecule has 1 saturated heterocycles. The van der Waals surface area contributed by atoms with Crippen molar-refractivity contribution >= 4 is 10.0 Å². The molecule has 174 valence electrons. The number of likely N-dealkylation sites (N-methyl/N-ethyl adjacent to an activating group) is 1. The highest BCUT2D eigenvalue weighted by atomic mass is 32.2. The summed E-state index contributed by atoms with van der Waals surface area (Å²) in [5.41, 5.74) is 2.44. The summed E-state index contributed by atoms with van der Waals surface area (Å²) in [5, 5.41) is 0. The lowest BCUT2D eigenvalue weighted by Crippen LogP contribution is -2.37. The number of fused-ring (bicyclic) bond motifs is 1. The molecular formula is C24H32N2O5S. The van der Waals surface area contributed by atoms with E-state index in [2.05, 4.69) is 29.2 Å².